The highest BCUT2D eigenvalue weighted by Crippen LogP contribution is 2.20. The van der Waals surface area contributed by atoms with Crippen LogP contribution in [0.2, 0.25) is 0 Å². The van der Waals surface area contributed by atoms with Crippen molar-refractivity contribution >= 4 is 46.1 Å². The van der Waals surface area contributed by atoms with Crippen LogP contribution in [0.25, 0.3) is 0 Å². The highest BCUT2D eigenvalue weighted by Gasteiger charge is 2.22. The van der Waals surface area contributed by atoms with Crippen LogP contribution in [-0.4, -0.2) is 26.1 Å². The van der Waals surface area contributed by atoms with Crippen LogP contribution in [0.1, 0.15) is 6.92 Å². The average Bonchev–Trinajstić information content (AvgIpc) is 1.85. The van der Waals surface area contributed by atoms with E-state index in [0.717, 1.165) is 0 Å². The molecule has 0 heterocycles. The van der Waals surface area contributed by atoms with Gasteiger partial charge in [0.25, 0.3) is 0 Å². The Kier molecular flexibility index (Phi) is 4.54. The van der Waals surface area contributed by atoms with Gasteiger partial charge >= 0.3 is 11.9 Å². The molecular weight excluding hydrogens is 298 g/mol. The summed E-state index contributed by atoms with van der Waals surface area (Å²) in [6.45, 7) is 1.61. The molecule has 4 nitrogen and oxygen atoms in total. The Morgan fingerprint density at radius 1 is 1.33 bits per heavy atom. The van der Waals surface area contributed by atoms with Crippen molar-refractivity contribution < 1.29 is 19.8 Å². The summed E-state index contributed by atoms with van der Waals surface area (Å²) >= 11 is 7.32. The first-order valence-corrected chi connectivity index (χ1v) is 4.50. The normalized spacial score (nSPS) is 11.9. The lowest BCUT2D eigenvalue weighted by atomic mass is 10.2. The van der Waals surface area contributed by atoms with Gasteiger partial charge in [-0.25, -0.2) is 9.59 Å². The molecule has 0 spiro atoms. The van der Waals surface area contributed by atoms with Crippen LogP contribution in [-0.2, 0) is 9.59 Å². The third-order valence-corrected chi connectivity index (χ3v) is 2.52. The first-order valence-electron chi connectivity index (χ1n) is 2.88. The van der Waals surface area contributed by atoms with E-state index in [4.69, 9.17) is 21.8 Å². The fraction of sp³-hybridized carbons (Fsp3) is 0.333. The Morgan fingerprint density at radius 2 is 1.67 bits per heavy atom. The maximum Gasteiger partial charge on any atom is 0.344 e. The Bertz CT molecular complexity index is 230. The minimum absolute atomic E-state index is 0.157. The van der Waals surface area contributed by atoms with Crippen molar-refractivity contribution in [2.45, 2.75) is 10.8 Å². The Balaban J connectivity index is 5.08. The minimum Gasteiger partial charge on any atom is -0.477 e. The number of aliphatic carboxylic acids is 2. The molecule has 0 saturated carbocycles. The lowest BCUT2D eigenvalue weighted by molar-refractivity contribution is -0.140. The molecule has 12 heavy (non-hydrogen) atoms. The van der Waals surface area contributed by atoms with Crippen molar-refractivity contribution in [2.24, 2.45) is 0 Å². The van der Waals surface area contributed by atoms with Gasteiger partial charge in [0.05, 0.1) is 5.03 Å². The molecule has 0 aromatic rings. The van der Waals surface area contributed by atoms with E-state index in [2.05, 4.69) is 0 Å². The topological polar surface area (TPSA) is 74.6 Å². The summed E-state index contributed by atoms with van der Waals surface area (Å²) in [7, 11) is 0. The fourth-order valence-electron chi connectivity index (χ4n) is 0.495. The quantitative estimate of drug-likeness (QED) is 0.272. The van der Waals surface area contributed by atoms with Crippen molar-refractivity contribution in [1.29, 1.82) is 0 Å². The Hall–Kier alpha value is -0.300. The maximum absolute atomic E-state index is 10.4. The number of allylic oxidation sites excluding steroid dienone is 1. The van der Waals surface area contributed by atoms with Gasteiger partial charge in [0.1, 0.15) is 0 Å². The van der Waals surface area contributed by atoms with Gasteiger partial charge in [-0.2, -0.15) is 0 Å². The summed E-state index contributed by atoms with van der Waals surface area (Å²) in [5, 5.41) is 16.7. The van der Waals surface area contributed by atoms with E-state index in [1.165, 1.54) is 0 Å². The average molecular weight is 304 g/mol. The first kappa shape index (κ1) is 11.7. The summed E-state index contributed by atoms with van der Waals surface area (Å²) in [6, 6.07) is 0. The number of carboxylic acid groups (broad SMARTS) is 2. The predicted octanol–water partition coefficient (Wildman–Crippen LogP) is 1.47. The molecular formula is C6H6ClIO4. The molecule has 0 aromatic heterocycles. The highest BCUT2D eigenvalue weighted by molar-refractivity contribution is 14.1. The van der Waals surface area contributed by atoms with Crippen LogP contribution in [0.4, 0.5) is 0 Å². The van der Waals surface area contributed by atoms with E-state index >= 15 is 0 Å². The molecule has 1 unspecified atom stereocenters. The van der Waals surface area contributed by atoms with Gasteiger partial charge in [-0.3, -0.25) is 0 Å². The van der Waals surface area contributed by atoms with Gasteiger partial charge in [-0.15, -0.1) is 0 Å². The number of alkyl halides is 1. The van der Waals surface area contributed by atoms with Crippen molar-refractivity contribution in [2.75, 3.05) is 0 Å². The summed E-state index contributed by atoms with van der Waals surface area (Å²) in [5.74, 6) is -3.04. The summed E-state index contributed by atoms with van der Waals surface area (Å²) in [5.41, 5.74) is -0.765. The molecule has 68 valence electrons. The van der Waals surface area contributed by atoms with Gasteiger partial charge in [0, 0.05) is 3.92 Å². The second kappa shape index (κ2) is 4.66. The zero-order chi connectivity index (χ0) is 9.89. The number of hydrogen-bond acceptors (Lipinski definition) is 2. The molecule has 0 aliphatic rings. The van der Waals surface area contributed by atoms with E-state index < -0.39 is 17.5 Å². The van der Waals surface area contributed by atoms with Crippen LogP contribution in [0.15, 0.2) is 10.6 Å². The standard InChI is InChI=1S/C6H6ClIO4/c1-2(8)4(7)3(5(9)10)6(11)12/h2H,1H3,(H,9,10)(H,11,12). The number of rotatable bonds is 3. The molecule has 0 aliphatic carbocycles. The maximum atomic E-state index is 10.4. The van der Waals surface area contributed by atoms with Gasteiger partial charge in [0.15, 0.2) is 5.57 Å². The largest absolute Gasteiger partial charge is 0.477 e. The number of carboxylic acids is 2. The van der Waals surface area contributed by atoms with Crippen LogP contribution >= 0.6 is 34.2 Å². The molecule has 2 N–H and O–H groups in total. The third-order valence-electron chi connectivity index (χ3n) is 1.02. The van der Waals surface area contributed by atoms with Crippen LogP contribution in [0.3, 0.4) is 0 Å². The van der Waals surface area contributed by atoms with Gasteiger partial charge in [0.2, 0.25) is 0 Å². The molecule has 0 radical (unpaired) electrons. The highest BCUT2D eigenvalue weighted by atomic mass is 127. The summed E-state index contributed by atoms with van der Waals surface area (Å²) in [6.07, 6.45) is 0. The smallest absolute Gasteiger partial charge is 0.344 e. The lowest BCUT2D eigenvalue weighted by Gasteiger charge is -2.03. The monoisotopic (exact) mass is 304 g/mol. The molecule has 1 atom stereocenters. The molecule has 0 rings (SSSR count). The van der Waals surface area contributed by atoms with Gasteiger partial charge in [-0.05, 0) is 6.92 Å². The van der Waals surface area contributed by atoms with Crippen LogP contribution in [0, 0.1) is 0 Å². The first-order chi connectivity index (χ1) is 5.37. The zero-order valence-corrected chi connectivity index (χ0v) is 8.96. The number of hydrogen-bond donors (Lipinski definition) is 2. The van der Waals surface area contributed by atoms with E-state index in [0.29, 0.717) is 0 Å². The fourth-order valence-corrected chi connectivity index (χ4v) is 0.968. The van der Waals surface area contributed by atoms with E-state index in [-0.39, 0.29) is 8.96 Å². The summed E-state index contributed by atoms with van der Waals surface area (Å²) < 4.78 is -0.327. The molecule has 0 bridgehead atoms. The predicted molar refractivity (Wildman–Crippen MR) is 51.6 cm³/mol. The van der Waals surface area contributed by atoms with Crippen molar-refractivity contribution in [1.82, 2.24) is 0 Å². The molecule has 0 fully saturated rings. The molecule has 0 aromatic carbocycles. The molecule has 0 amide bonds. The SMILES string of the molecule is CC(I)C(Cl)=C(C(=O)O)C(=O)O. The van der Waals surface area contributed by atoms with E-state index in [1.807, 2.05) is 22.6 Å². The van der Waals surface area contributed by atoms with Crippen LogP contribution < -0.4 is 0 Å². The van der Waals surface area contributed by atoms with Gasteiger partial charge in [-0.1, -0.05) is 34.2 Å². The second-order valence-corrected chi connectivity index (χ2v) is 4.22. The van der Waals surface area contributed by atoms with E-state index in [9.17, 15) is 9.59 Å². The Labute approximate surface area is 87.4 Å². The molecule has 0 aliphatic heterocycles. The lowest BCUT2D eigenvalue weighted by Crippen LogP contribution is -2.15. The molecule has 0 saturated heterocycles. The van der Waals surface area contributed by atoms with Crippen LogP contribution in [0.5, 0.6) is 0 Å². The van der Waals surface area contributed by atoms with Crippen molar-refractivity contribution in [3.05, 3.63) is 10.6 Å². The summed E-state index contributed by atoms with van der Waals surface area (Å²) in [4.78, 5) is 20.7. The second-order valence-electron chi connectivity index (χ2n) is 1.95. The Morgan fingerprint density at radius 3 is 1.75 bits per heavy atom. The van der Waals surface area contributed by atoms with Gasteiger partial charge < -0.3 is 10.2 Å². The molecule has 6 heteroatoms. The number of carbonyl (C=O) groups is 2. The van der Waals surface area contributed by atoms with Crippen molar-refractivity contribution in [3.8, 4) is 0 Å². The minimum atomic E-state index is -1.52. The van der Waals surface area contributed by atoms with Crippen molar-refractivity contribution in [3.63, 3.8) is 0 Å². The third kappa shape index (κ3) is 2.98. The number of halogens is 2. The zero-order valence-electron chi connectivity index (χ0n) is 6.04. The van der Waals surface area contributed by atoms with E-state index in [1.54, 1.807) is 6.92 Å².